The summed E-state index contributed by atoms with van der Waals surface area (Å²) in [6.07, 6.45) is 0. The highest BCUT2D eigenvalue weighted by molar-refractivity contribution is 7.79. The van der Waals surface area contributed by atoms with Crippen LogP contribution < -0.4 is 4.74 Å². The van der Waals surface area contributed by atoms with Crippen molar-refractivity contribution in [2.24, 2.45) is 0 Å². The van der Waals surface area contributed by atoms with Crippen LogP contribution in [0.1, 0.15) is 10.4 Å². The Kier molecular flexibility index (Phi) is 3.94. The Bertz CT molecular complexity index is 621. The number of carboxylic acids is 1. The largest absolute Gasteiger partial charge is 0.478 e. The van der Waals surface area contributed by atoms with Gasteiger partial charge in [-0.15, -0.1) is 0 Å². The third-order valence-electron chi connectivity index (χ3n) is 2.34. The molecule has 0 fully saturated rings. The van der Waals surface area contributed by atoms with E-state index in [9.17, 15) is 9.00 Å². The van der Waals surface area contributed by atoms with E-state index in [0.717, 1.165) is 0 Å². The average molecular weight is 278 g/mol. The SMILES string of the molecule is O=C(O)c1cccc(Oc2ccc(S(=O)O)cc2)c1. The summed E-state index contributed by atoms with van der Waals surface area (Å²) in [7, 11) is 0. The fourth-order valence-corrected chi connectivity index (χ4v) is 1.82. The molecule has 2 N–H and O–H groups in total. The van der Waals surface area contributed by atoms with Crippen LogP contribution in [-0.4, -0.2) is 19.8 Å². The van der Waals surface area contributed by atoms with Gasteiger partial charge >= 0.3 is 5.97 Å². The topological polar surface area (TPSA) is 83.8 Å². The summed E-state index contributed by atoms with van der Waals surface area (Å²) >= 11 is -2.03. The van der Waals surface area contributed by atoms with Gasteiger partial charge < -0.3 is 14.4 Å². The highest BCUT2D eigenvalue weighted by Crippen LogP contribution is 2.23. The molecule has 0 aliphatic heterocycles. The Labute approximate surface area is 111 Å². The molecule has 1 atom stereocenters. The summed E-state index contributed by atoms with van der Waals surface area (Å²) in [5, 5.41) is 8.86. The van der Waals surface area contributed by atoms with E-state index in [2.05, 4.69) is 0 Å². The van der Waals surface area contributed by atoms with Gasteiger partial charge in [0.15, 0.2) is 11.1 Å². The maximum atomic E-state index is 10.8. The molecule has 0 saturated heterocycles. The standard InChI is InChI=1S/C13H10O5S/c14-13(15)9-2-1-3-11(8-9)18-10-4-6-12(7-5-10)19(16)17/h1-8H,(H,14,15)(H,16,17). The van der Waals surface area contributed by atoms with Gasteiger partial charge in [0.1, 0.15) is 11.5 Å². The maximum Gasteiger partial charge on any atom is 0.335 e. The summed E-state index contributed by atoms with van der Waals surface area (Å²) in [5.41, 5.74) is 0.130. The van der Waals surface area contributed by atoms with Crippen LogP contribution >= 0.6 is 0 Å². The van der Waals surface area contributed by atoms with Crippen molar-refractivity contribution in [2.45, 2.75) is 4.90 Å². The van der Waals surface area contributed by atoms with Gasteiger partial charge in [-0.3, -0.25) is 0 Å². The van der Waals surface area contributed by atoms with Gasteiger partial charge in [-0.2, -0.15) is 0 Å². The van der Waals surface area contributed by atoms with Crippen LogP contribution in [0.25, 0.3) is 0 Å². The minimum Gasteiger partial charge on any atom is -0.478 e. The molecule has 2 rings (SSSR count). The van der Waals surface area contributed by atoms with Gasteiger partial charge in [0, 0.05) is 0 Å². The predicted octanol–water partition coefficient (Wildman–Crippen LogP) is 2.76. The first-order chi connectivity index (χ1) is 9.06. The molecule has 0 heterocycles. The third kappa shape index (κ3) is 3.40. The van der Waals surface area contributed by atoms with Crippen LogP contribution in [0, 0.1) is 0 Å². The lowest BCUT2D eigenvalue weighted by molar-refractivity contribution is 0.0696. The Morgan fingerprint density at radius 3 is 2.32 bits per heavy atom. The van der Waals surface area contributed by atoms with Gasteiger partial charge in [0.25, 0.3) is 0 Å². The average Bonchev–Trinajstić information content (AvgIpc) is 2.39. The molecule has 19 heavy (non-hydrogen) atoms. The highest BCUT2D eigenvalue weighted by atomic mass is 32.2. The molecule has 0 radical (unpaired) electrons. The summed E-state index contributed by atoms with van der Waals surface area (Å²) in [6.45, 7) is 0. The van der Waals surface area contributed by atoms with Crippen molar-refractivity contribution in [3.05, 3.63) is 54.1 Å². The molecule has 0 saturated carbocycles. The minimum atomic E-state index is -2.03. The Morgan fingerprint density at radius 1 is 1.05 bits per heavy atom. The zero-order valence-corrected chi connectivity index (χ0v) is 10.5. The number of rotatable bonds is 4. The molecule has 0 bridgehead atoms. The minimum absolute atomic E-state index is 0.130. The van der Waals surface area contributed by atoms with Crippen molar-refractivity contribution < 1.29 is 23.4 Å². The Balaban J connectivity index is 2.19. The lowest BCUT2D eigenvalue weighted by Gasteiger charge is -2.06. The number of hydrogen-bond donors (Lipinski definition) is 2. The number of benzene rings is 2. The molecule has 0 aromatic heterocycles. The molecule has 2 aromatic carbocycles. The first-order valence-corrected chi connectivity index (χ1v) is 6.39. The van der Waals surface area contributed by atoms with E-state index in [-0.39, 0.29) is 10.5 Å². The summed E-state index contributed by atoms with van der Waals surface area (Å²) in [5.74, 6) is -0.189. The van der Waals surface area contributed by atoms with Gasteiger partial charge in [0.05, 0.1) is 10.5 Å². The van der Waals surface area contributed by atoms with Crippen molar-refractivity contribution in [3.63, 3.8) is 0 Å². The normalized spacial score (nSPS) is 11.8. The van der Waals surface area contributed by atoms with E-state index in [4.69, 9.17) is 14.4 Å². The fraction of sp³-hybridized carbons (Fsp3) is 0. The summed E-state index contributed by atoms with van der Waals surface area (Å²) < 4.78 is 25.1. The van der Waals surface area contributed by atoms with Crippen LogP contribution in [0.2, 0.25) is 0 Å². The van der Waals surface area contributed by atoms with E-state index in [1.54, 1.807) is 12.1 Å². The summed E-state index contributed by atoms with van der Waals surface area (Å²) in [4.78, 5) is 11.1. The number of carboxylic acid groups (broad SMARTS) is 1. The summed E-state index contributed by atoms with van der Waals surface area (Å²) in [6, 6.07) is 12.1. The predicted molar refractivity (Wildman–Crippen MR) is 69.0 cm³/mol. The smallest absolute Gasteiger partial charge is 0.335 e. The van der Waals surface area contributed by atoms with Crippen LogP contribution in [0.4, 0.5) is 0 Å². The first kappa shape index (κ1) is 13.3. The fourth-order valence-electron chi connectivity index (χ4n) is 1.45. The molecule has 0 amide bonds. The van der Waals surface area contributed by atoms with Crippen molar-refractivity contribution >= 4 is 17.0 Å². The lowest BCUT2D eigenvalue weighted by atomic mass is 10.2. The molecule has 2 aromatic rings. The number of aromatic carboxylic acids is 1. The molecule has 0 aliphatic rings. The second-order valence-electron chi connectivity index (χ2n) is 3.66. The third-order valence-corrected chi connectivity index (χ3v) is 3.02. The van der Waals surface area contributed by atoms with Gasteiger partial charge in [-0.05, 0) is 42.5 Å². The molecule has 0 aliphatic carbocycles. The second kappa shape index (κ2) is 5.64. The highest BCUT2D eigenvalue weighted by Gasteiger charge is 2.05. The quantitative estimate of drug-likeness (QED) is 0.840. The second-order valence-corrected chi connectivity index (χ2v) is 4.63. The monoisotopic (exact) mass is 278 g/mol. The molecule has 1 unspecified atom stereocenters. The van der Waals surface area contributed by atoms with Crippen molar-refractivity contribution in [1.82, 2.24) is 0 Å². The van der Waals surface area contributed by atoms with Crippen molar-refractivity contribution in [2.75, 3.05) is 0 Å². The van der Waals surface area contributed by atoms with Crippen molar-refractivity contribution in [1.29, 1.82) is 0 Å². The lowest BCUT2D eigenvalue weighted by Crippen LogP contribution is -1.96. The van der Waals surface area contributed by atoms with E-state index in [1.165, 1.54) is 36.4 Å². The van der Waals surface area contributed by atoms with E-state index < -0.39 is 17.0 Å². The van der Waals surface area contributed by atoms with Gasteiger partial charge in [-0.1, -0.05) is 6.07 Å². The van der Waals surface area contributed by atoms with Crippen molar-refractivity contribution in [3.8, 4) is 11.5 Å². The van der Waals surface area contributed by atoms with Gasteiger partial charge in [0.2, 0.25) is 0 Å². The molecule has 98 valence electrons. The number of carbonyl (C=O) groups is 1. The number of hydrogen-bond acceptors (Lipinski definition) is 3. The number of ether oxygens (including phenoxy) is 1. The van der Waals surface area contributed by atoms with E-state index in [0.29, 0.717) is 11.5 Å². The molecule has 5 nitrogen and oxygen atoms in total. The van der Waals surface area contributed by atoms with E-state index >= 15 is 0 Å². The van der Waals surface area contributed by atoms with Gasteiger partial charge in [-0.25, -0.2) is 9.00 Å². The molecule has 6 heteroatoms. The first-order valence-electron chi connectivity index (χ1n) is 5.28. The maximum absolute atomic E-state index is 10.8. The Morgan fingerprint density at radius 2 is 1.74 bits per heavy atom. The zero-order valence-electron chi connectivity index (χ0n) is 9.65. The Hall–Kier alpha value is -2.18. The molecular weight excluding hydrogens is 268 g/mol. The van der Waals surface area contributed by atoms with Crippen LogP contribution in [0.15, 0.2) is 53.4 Å². The molecule has 0 spiro atoms. The van der Waals surface area contributed by atoms with Crippen LogP contribution in [0.3, 0.4) is 0 Å². The van der Waals surface area contributed by atoms with Crippen LogP contribution in [-0.2, 0) is 11.1 Å². The molecular formula is C13H10O5S. The zero-order chi connectivity index (χ0) is 13.8. The van der Waals surface area contributed by atoms with Crippen LogP contribution in [0.5, 0.6) is 11.5 Å². The van der Waals surface area contributed by atoms with E-state index in [1.807, 2.05) is 0 Å².